The molecule has 0 aliphatic carbocycles. The van der Waals surface area contributed by atoms with E-state index >= 15 is 0 Å². The third kappa shape index (κ3) is 3.69. The maximum atomic E-state index is 12.0. The van der Waals surface area contributed by atoms with Crippen LogP contribution in [0.15, 0.2) is 23.1 Å². The van der Waals surface area contributed by atoms with Crippen molar-refractivity contribution in [3.8, 4) is 5.75 Å². The summed E-state index contributed by atoms with van der Waals surface area (Å²) in [5, 5.41) is 9.09. The third-order valence-corrected chi connectivity index (χ3v) is 3.62. The minimum Gasteiger partial charge on any atom is -0.495 e. The van der Waals surface area contributed by atoms with Gasteiger partial charge >= 0.3 is 0 Å². The van der Waals surface area contributed by atoms with Crippen molar-refractivity contribution < 1.29 is 18.3 Å². The lowest BCUT2D eigenvalue weighted by Gasteiger charge is -2.12. The van der Waals surface area contributed by atoms with E-state index in [0.717, 1.165) is 5.56 Å². The standard InChI is InChI=1S/C11H17NO4S/c1-8-4-5-10(16-3)11(6-8)17(14,15)12-7-9(2)13/h4-6,9,12-13H,7H2,1-3H3/t9-/m0/s1. The quantitative estimate of drug-likeness (QED) is 0.814. The molecule has 0 spiro atoms. The van der Waals surface area contributed by atoms with Gasteiger partial charge in [-0.05, 0) is 31.5 Å². The number of sulfonamides is 1. The summed E-state index contributed by atoms with van der Waals surface area (Å²) in [7, 11) is -2.24. The van der Waals surface area contributed by atoms with E-state index in [1.54, 1.807) is 19.1 Å². The molecule has 17 heavy (non-hydrogen) atoms. The SMILES string of the molecule is COc1ccc(C)cc1S(=O)(=O)NC[C@H](C)O. The number of rotatable bonds is 5. The first-order valence-corrected chi connectivity index (χ1v) is 6.67. The van der Waals surface area contributed by atoms with Crippen LogP contribution in [0, 0.1) is 6.92 Å². The Labute approximate surface area is 101 Å². The van der Waals surface area contributed by atoms with Gasteiger partial charge in [-0.25, -0.2) is 13.1 Å². The Hall–Kier alpha value is -1.11. The second-order valence-electron chi connectivity index (χ2n) is 3.86. The van der Waals surface area contributed by atoms with Crippen LogP contribution < -0.4 is 9.46 Å². The zero-order valence-electron chi connectivity index (χ0n) is 10.1. The molecular weight excluding hydrogens is 242 g/mol. The van der Waals surface area contributed by atoms with Crippen molar-refractivity contribution in [3.63, 3.8) is 0 Å². The topological polar surface area (TPSA) is 75.6 Å². The first kappa shape index (κ1) is 14.0. The van der Waals surface area contributed by atoms with Gasteiger partial charge in [0.1, 0.15) is 10.6 Å². The van der Waals surface area contributed by atoms with Crippen LogP contribution in [0.25, 0.3) is 0 Å². The number of aryl methyl sites for hydroxylation is 1. The van der Waals surface area contributed by atoms with Crippen molar-refractivity contribution in [2.24, 2.45) is 0 Å². The van der Waals surface area contributed by atoms with E-state index in [-0.39, 0.29) is 17.2 Å². The molecule has 6 heteroatoms. The van der Waals surface area contributed by atoms with Crippen LogP contribution in [0.3, 0.4) is 0 Å². The predicted molar refractivity (Wildman–Crippen MR) is 64.6 cm³/mol. The largest absolute Gasteiger partial charge is 0.495 e. The minimum absolute atomic E-state index is 0.0283. The van der Waals surface area contributed by atoms with Crippen LogP contribution in [0.5, 0.6) is 5.75 Å². The van der Waals surface area contributed by atoms with E-state index in [1.807, 2.05) is 0 Å². The van der Waals surface area contributed by atoms with Gasteiger partial charge in [-0.1, -0.05) is 6.07 Å². The fraction of sp³-hybridized carbons (Fsp3) is 0.455. The fourth-order valence-electron chi connectivity index (χ4n) is 1.30. The van der Waals surface area contributed by atoms with Gasteiger partial charge in [0.2, 0.25) is 10.0 Å². The van der Waals surface area contributed by atoms with Crippen LogP contribution in [-0.2, 0) is 10.0 Å². The third-order valence-electron chi connectivity index (χ3n) is 2.18. The molecule has 1 aromatic carbocycles. The molecule has 0 radical (unpaired) electrons. The molecule has 0 saturated carbocycles. The summed E-state index contributed by atoms with van der Waals surface area (Å²) in [4.78, 5) is 0.0839. The number of aliphatic hydroxyl groups excluding tert-OH is 1. The summed E-state index contributed by atoms with van der Waals surface area (Å²) in [5.74, 6) is 0.286. The van der Waals surface area contributed by atoms with Crippen LogP contribution in [0.2, 0.25) is 0 Å². The van der Waals surface area contributed by atoms with E-state index in [1.165, 1.54) is 20.1 Å². The predicted octanol–water partition coefficient (Wildman–Crippen LogP) is 0.663. The molecule has 0 aromatic heterocycles. The summed E-state index contributed by atoms with van der Waals surface area (Å²) >= 11 is 0. The van der Waals surface area contributed by atoms with Crippen molar-refractivity contribution in [1.29, 1.82) is 0 Å². The van der Waals surface area contributed by atoms with E-state index in [4.69, 9.17) is 9.84 Å². The van der Waals surface area contributed by atoms with Crippen LogP contribution in [-0.4, -0.2) is 33.3 Å². The van der Waals surface area contributed by atoms with Crippen LogP contribution in [0.1, 0.15) is 12.5 Å². The van der Waals surface area contributed by atoms with E-state index in [9.17, 15) is 8.42 Å². The van der Waals surface area contributed by atoms with Gasteiger partial charge in [0, 0.05) is 6.54 Å². The summed E-state index contributed by atoms with van der Waals surface area (Å²) in [6, 6.07) is 4.90. The highest BCUT2D eigenvalue weighted by molar-refractivity contribution is 7.89. The van der Waals surface area contributed by atoms with Crippen molar-refractivity contribution in [1.82, 2.24) is 4.72 Å². The van der Waals surface area contributed by atoms with Gasteiger partial charge in [0.15, 0.2) is 0 Å². The average Bonchev–Trinajstić information content (AvgIpc) is 2.26. The molecule has 0 bridgehead atoms. The Balaban J connectivity index is 3.09. The molecule has 0 aliphatic rings. The molecule has 1 atom stereocenters. The molecule has 1 rings (SSSR count). The van der Waals surface area contributed by atoms with Crippen molar-refractivity contribution in [2.45, 2.75) is 24.8 Å². The number of nitrogens with one attached hydrogen (secondary N) is 1. The van der Waals surface area contributed by atoms with Crippen molar-refractivity contribution in [3.05, 3.63) is 23.8 Å². The Bertz CT molecular complexity index is 482. The molecule has 0 heterocycles. The van der Waals surface area contributed by atoms with Gasteiger partial charge in [-0.2, -0.15) is 0 Å². The Morgan fingerprint density at radius 2 is 2.12 bits per heavy atom. The summed E-state index contributed by atoms with van der Waals surface area (Å²) in [5.41, 5.74) is 0.822. The fourth-order valence-corrected chi connectivity index (χ4v) is 2.68. The number of ether oxygens (including phenoxy) is 1. The van der Waals surface area contributed by atoms with E-state index in [2.05, 4.69) is 4.72 Å². The first-order chi connectivity index (χ1) is 7.86. The van der Waals surface area contributed by atoms with E-state index < -0.39 is 16.1 Å². The minimum atomic E-state index is -3.66. The van der Waals surface area contributed by atoms with Crippen molar-refractivity contribution >= 4 is 10.0 Å². The summed E-state index contributed by atoms with van der Waals surface area (Å²) < 4.78 is 31.3. The number of hydrogen-bond acceptors (Lipinski definition) is 4. The smallest absolute Gasteiger partial charge is 0.244 e. The molecule has 0 amide bonds. The number of methoxy groups -OCH3 is 1. The highest BCUT2D eigenvalue weighted by Crippen LogP contribution is 2.24. The maximum absolute atomic E-state index is 12.0. The van der Waals surface area contributed by atoms with E-state index in [0.29, 0.717) is 0 Å². The summed E-state index contributed by atoms with van der Waals surface area (Å²) in [6.07, 6.45) is -0.736. The molecule has 0 aliphatic heterocycles. The van der Waals surface area contributed by atoms with Crippen LogP contribution >= 0.6 is 0 Å². The lowest BCUT2D eigenvalue weighted by molar-refractivity contribution is 0.198. The molecule has 5 nitrogen and oxygen atoms in total. The Morgan fingerprint density at radius 3 is 2.65 bits per heavy atom. The van der Waals surface area contributed by atoms with Crippen molar-refractivity contribution in [2.75, 3.05) is 13.7 Å². The van der Waals surface area contributed by atoms with Gasteiger partial charge in [-0.15, -0.1) is 0 Å². The molecular formula is C11H17NO4S. The zero-order chi connectivity index (χ0) is 13.1. The lowest BCUT2D eigenvalue weighted by Crippen LogP contribution is -2.30. The zero-order valence-corrected chi connectivity index (χ0v) is 10.9. The highest BCUT2D eigenvalue weighted by Gasteiger charge is 2.19. The molecule has 0 saturated heterocycles. The second-order valence-corrected chi connectivity index (χ2v) is 5.59. The molecule has 96 valence electrons. The van der Waals surface area contributed by atoms with Gasteiger partial charge in [0.25, 0.3) is 0 Å². The monoisotopic (exact) mass is 259 g/mol. The Morgan fingerprint density at radius 1 is 1.47 bits per heavy atom. The van der Waals surface area contributed by atoms with Gasteiger partial charge < -0.3 is 9.84 Å². The highest BCUT2D eigenvalue weighted by atomic mass is 32.2. The van der Waals surface area contributed by atoms with Gasteiger partial charge in [0.05, 0.1) is 13.2 Å². The lowest BCUT2D eigenvalue weighted by atomic mass is 10.2. The molecule has 0 unspecified atom stereocenters. The second kappa shape index (κ2) is 5.48. The number of benzene rings is 1. The maximum Gasteiger partial charge on any atom is 0.244 e. The molecule has 2 N–H and O–H groups in total. The summed E-state index contributed by atoms with van der Waals surface area (Å²) in [6.45, 7) is 3.28. The normalized spacial score (nSPS) is 13.4. The Kier molecular flexibility index (Phi) is 4.50. The molecule has 0 fully saturated rings. The number of aliphatic hydroxyl groups is 1. The van der Waals surface area contributed by atoms with Crippen LogP contribution in [0.4, 0.5) is 0 Å². The van der Waals surface area contributed by atoms with Gasteiger partial charge in [-0.3, -0.25) is 0 Å². The average molecular weight is 259 g/mol. The first-order valence-electron chi connectivity index (χ1n) is 5.19. The number of hydrogen-bond donors (Lipinski definition) is 2. The molecule has 1 aromatic rings.